The minimum Gasteiger partial charge on any atom is -0.383 e. The van der Waals surface area contributed by atoms with E-state index in [1.807, 2.05) is 12.3 Å². The minimum atomic E-state index is 0.207. The SMILES string of the molecule is CCN1CCN(c2cc(CNC(=NC)NC(C)COC)ccn2)CC1. The molecule has 1 aliphatic rings. The minimum absolute atomic E-state index is 0.207. The van der Waals surface area contributed by atoms with Gasteiger partial charge in [0.15, 0.2) is 5.96 Å². The predicted octanol–water partition coefficient (Wildman–Crippen LogP) is 0.923. The van der Waals surface area contributed by atoms with Gasteiger partial charge in [0.1, 0.15) is 5.82 Å². The van der Waals surface area contributed by atoms with E-state index in [1.165, 1.54) is 5.56 Å². The van der Waals surface area contributed by atoms with Crippen molar-refractivity contribution in [2.75, 3.05) is 58.4 Å². The van der Waals surface area contributed by atoms with Crippen LogP contribution >= 0.6 is 0 Å². The molecule has 1 aliphatic heterocycles. The van der Waals surface area contributed by atoms with Crippen LogP contribution in [0.25, 0.3) is 0 Å². The quantitative estimate of drug-likeness (QED) is 0.564. The molecule has 1 saturated heterocycles. The zero-order chi connectivity index (χ0) is 18.1. The summed E-state index contributed by atoms with van der Waals surface area (Å²) in [4.78, 5) is 13.6. The van der Waals surface area contributed by atoms with Crippen LogP contribution < -0.4 is 15.5 Å². The van der Waals surface area contributed by atoms with Crippen molar-refractivity contribution in [3.8, 4) is 0 Å². The zero-order valence-electron chi connectivity index (χ0n) is 16.0. The van der Waals surface area contributed by atoms with Crippen molar-refractivity contribution in [1.82, 2.24) is 20.5 Å². The third kappa shape index (κ3) is 6.17. The largest absolute Gasteiger partial charge is 0.383 e. The molecule has 7 nitrogen and oxygen atoms in total. The number of piperazine rings is 1. The molecule has 0 amide bonds. The second kappa shape index (κ2) is 10.2. The molecule has 0 aromatic carbocycles. The third-order valence-electron chi connectivity index (χ3n) is 4.44. The van der Waals surface area contributed by atoms with Gasteiger partial charge in [0.25, 0.3) is 0 Å². The Hall–Kier alpha value is -1.86. The Kier molecular flexibility index (Phi) is 7.94. The summed E-state index contributed by atoms with van der Waals surface area (Å²) >= 11 is 0. The van der Waals surface area contributed by atoms with Gasteiger partial charge in [0.2, 0.25) is 0 Å². The summed E-state index contributed by atoms with van der Waals surface area (Å²) in [5, 5.41) is 6.66. The van der Waals surface area contributed by atoms with Crippen molar-refractivity contribution in [1.29, 1.82) is 0 Å². The number of guanidine groups is 1. The average molecular weight is 348 g/mol. The normalized spacial score (nSPS) is 17.4. The van der Waals surface area contributed by atoms with Gasteiger partial charge in [-0.1, -0.05) is 6.92 Å². The van der Waals surface area contributed by atoms with Gasteiger partial charge in [-0.2, -0.15) is 0 Å². The molecule has 7 heteroatoms. The van der Waals surface area contributed by atoms with Crippen LogP contribution in [0.15, 0.2) is 23.3 Å². The van der Waals surface area contributed by atoms with E-state index in [2.05, 4.69) is 50.3 Å². The first-order valence-electron chi connectivity index (χ1n) is 9.04. The standard InChI is InChI=1S/C18H32N6O/c1-5-23-8-10-24(11-9-23)17-12-16(6-7-20-17)13-21-18(19-3)22-15(2)14-25-4/h6-7,12,15H,5,8-11,13-14H2,1-4H3,(H2,19,21,22). The molecule has 1 aromatic rings. The maximum atomic E-state index is 5.15. The van der Waals surface area contributed by atoms with Crippen molar-refractivity contribution in [3.63, 3.8) is 0 Å². The maximum Gasteiger partial charge on any atom is 0.191 e. The zero-order valence-corrected chi connectivity index (χ0v) is 16.0. The molecule has 140 valence electrons. The number of anilines is 1. The number of aromatic nitrogens is 1. The average Bonchev–Trinajstić information content (AvgIpc) is 2.65. The lowest BCUT2D eigenvalue weighted by Crippen LogP contribution is -2.46. The van der Waals surface area contributed by atoms with Gasteiger partial charge in [-0.15, -0.1) is 0 Å². The van der Waals surface area contributed by atoms with Crippen LogP contribution in [0.3, 0.4) is 0 Å². The Labute approximate surface area is 151 Å². The van der Waals surface area contributed by atoms with E-state index in [0.29, 0.717) is 13.2 Å². The summed E-state index contributed by atoms with van der Waals surface area (Å²) in [6.45, 7) is 11.0. The van der Waals surface area contributed by atoms with Gasteiger partial charge < -0.3 is 25.2 Å². The Morgan fingerprint density at radius 2 is 2.12 bits per heavy atom. The number of likely N-dealkylation sites (N-methyl/N-ethyl adjacent to an activating group) is 1. The number of nitrogens with one attached hydrogen (secondary N) is 2. The number of pyridine rings is 1. The van der Waals surface area contributed by atoms with Crippen LogP contribution in [0.1, 0.15) is 19.4 Å². The fourth-order valence-electron chi connectivity index (χ4n) is 2.94. The van der Waals surface area contributed by atoms with E-state index in [1.54, 1.807) is 14.2 Å². The van der Waals surface area contributed by atoms with Gasteiger partial charge >= 0.3 is 0 Å². The molecular weight excluding hydrogens is 316 g/mol. The molecule has 1 atom stereocenters. The summed E-state index contributed by atoms with van der Waals surface area (Å²) in [5.74, 6) is 1.84. The van der Waals surface area contributed by atoms with Crippen LogP contribution in [-0.2, 0) is 11.3 Å². The lowest BCUT2D eigenvalue weighted by molar-refractivity contribution is 0.179. The van der Waals surface area contributed by atoms with Gasteiger partial charge in [-0.25, -0.2) is 4.98 Å². The molecule has 1 fully saturated rings. The van der Waals surface area contributed by atoms with Crippen molar-refractivity contribution >= 4 is 11.8 Å². The number of nitrogens with zero attached hydrogens (tertiary/aromatic N) is 4. The van der Waals surface area contributed by atoms with Gasteiger partial charge in [0.05, 0.1) is 6.61 Å². The molecule has 1 aromatic heterocycles. The lowest BCUT2D eigenvalue weighted by Gasteiger charge is -2.34. The van der Waals surface area contributed by atoms with E-state index in [0.717, 1.165) is 44.5 Å². The maximum absolute atomic E-state index is 5.15. The predicted molar refractivity (Wildman–Crippen MR) is 103 cm³/mol. The van der Waals surface area contributed by atoms with Gasteiger partial charge in [-0.05, 0) is 31.2 Å². The van der Waals surface area contributed by atoms with Crippen LogP contribution in [0.2, 0.25) is 0 Å². The van der Waals surface area contributed by atoms with Crippen LogP contribution in [0.5, 0.6) is 0 Å². The number of hydrogen-bond donors (Lipinski definition) is 2. The molecule has 0 bridgehead atoms. The summed E-state index contributed by atoms with van der Waals surface area (Å²) in [7, 11) is 3.48. The Bertz CT molecular complexity index is 542. The molecule has 0 aliphatic carbocycles. The molecule has 0 radical (unpaired) electrons. The van der Waals surface area contributed by atoms with E-state index < -0.39 is 0 Å². The first kappa shape index (κ1) is 19.5. The second-order valence-electron chi connectivity index (χ2n) is 6.37. The smallest absolute Gasteiger partial charge is 0.191 e. The molecular formula is C18H32N6O. The van der Waals surface area contributed by atoms with Gasteiger partial charge in [0, 0.05) is 59.1 Å². The molecule has 25 heavy (non-hydrogen) atoms. The molecule has 0 spiro atoms. The highest BCUT2D eigenvalue weighted by molar-refractivity contribution is 5.79. The molecule has 2 N–H and O–H groups in total. The molecule has 0 saturated carbocycles. The van der Waals surface area contributed by atoms with E-state index in [-0.39, 0.29) is 6.04 Å². The van der Waals surface area contributed by atoms with Crippen molar-refractivity contribution in [3.05, 3.63) is 23.9 Å². The summed E-state index contributed by atoms with van der Waals surface area (Å²) in [6, 6.07) is 4.42. The van der Waals surface area contributed by atoms with Crippen LogP contribution in [-0.4, -0.2) is 75.4 Å². The first-order valence-corrected chi connectivity index (χ1v) is 9.04. The summed E-state index contributed by atoms with van der Waals surface area (Å²) in [6.07, 6.45) is 1.89. The fraction of sp³-hybridized carbons (Fsp3) is 0.667. The highest BCUT2D eigenvalue weighted by atomic mass is 16.5. The van der Waals surface area contributed by atoms with Crippen LogP contribution in [0.4, 0.5) is 5.82 Å². The highest BCUT2D eigenvalue weighted by Gasteiger charge is 2.16. The molecule has 2 heterocycles. The summed E-state index contributed by atoms with van der Waals surface area (Å²) < 4.78 is 5.15. The van der Waals surface area contributed by atoms with Crippen LogP contribution in [0, 0.1) is 0 Å². The Morgan fingerprint density at radius 3 is 2.76 bits per heavy atom. The van der Waals surface area contributed by atoms with Crippen molar-refractivity contribution in [2.24, 2.45) is 4.99 Å². The number of hydrogen-bond acceptors (Lipinski definition) is 5. The van der Waals surface area contributed by atoms with E-state index in [4.69, 9.17) is 4.74 Å². The monoisotopic (exact) mass is 348 g/mol. The van der Waals surface area contributed by atoms with E-state index >= 15 is 0 Å². The van der Waals surface area contributed by atoms with Crippen molar-refractivity contribution < 1.29 is 4.74 Å². The number of aliphatic imine (C=N–C) groups is 1. The number of rotatable bonds is 7. The highest BCUT2D eigenvalue weighted by Crippen LogP contribution is 2.15. The van der Waals surface area contributed by atoms with E-state index in [9.17, 15) is 0 Å². The Balaban J connectivity index is 1.88. The number of methoxy groups -OCH3 is 1. The summed E-state index contributed by atoms with van der Waals surface area (Å²) in [5.41, 5.74) is 1.20. The first-order chi connectivity index (χ1) is 12.2. The topological polar surface area (TPSA) is 65.0 Å². The van der Waals surface area contributed by atoms with Gasteiger partial charge in [-0.3, -0.25) is 4.99 Å². The second-order valence-corrected chi connectivity index (χ2v) is 6.37. The Morgan fingerprint density at radius 1 is 1.36 bits per heavy atom. The van der Waals surface area contributed by atoms with Crippen molar-refractivity contribution in [2.45, 2.75) is 26.4 Å². The lowest BCUT2D eigenvalue weighted by atomic mass is 10.2. The fourth-order valence-corrected chi connectivity index (χ4v) is 2.94. The molecule has 1 unspecified atom stereocenters. The third-order valence-corrected chi connectivity index (χ3v) is 4.44. The molecule has 2 rings (SSSR count). The number of ether oxygens (including phenoxy) is 1.